The molecule has 1 aliphatic heterocycles. The molecule has 0 saturated carbocycles. The first-order valence-electron chi connectivity index (χ1n) is 5.41. The Morgan fingerprint density at radius 1 is 1.57 bits per heavy atom. The first kappa shape index (κ1) is 11.9. The van der Waals surface area contributed by atoms with Gasteiger partial charge in [-0.2, -0.15) is 0 Å². The maximum Gasteiger partial charge on any atom is 0.0826 e. The predicted molar refractivity (Wildman–Crippen MR) is 56.4 cm³/mol. The first-order valence-corrected chi connectivity index (χ1v) is 5.41. The van der Waals surface area contributed by atoms with Crippen molar-refractivity contribution in [2.45, 2.75) is 26.0 Å². The lowest BCUT2D eigenvalue weighted by atomic mass is 10.2. The average molecular weight is 202 g/mol. The minimum absolute atomic E-state index is 0.195. The molecule has 4 nitrogen and oxygen atoms in total. The van der Waals surface area contributed by atoms with Crippen LogP contribution in [0.25, 0.3) is 0 Å². The summed E-state index contributed by atoms with van der Waals surface area (Å²) in [6.45, 7) is 8.97. The number of hydrogen-bond acceptors (Lipinski definition) is 4. The Kier molecular flexibility index (Phi) is 5.40. The third-order valence-electron chi connectivity index (χ3n) is 2.56. The first-order chi connectivity index (χ1) is 6.74. The molecule has 1 unspecified atom stereocenters. The molecule has 1 heterocycles. The minimum atomic E-state index is 0.195. The van der Waals surface area contributed by atoms with E-state index in [-0.39, 0.29) is 12.7 Å². The van der Waals surface area contributed by atoms with Crippen LogP contribution < -0.4 is 5.32 Å². The summed E-state index contributed by atoms with van der Waals surface area (Å²) >= 11 is 0. The highest BCUT2D eigenvalue weighted by Crippen LogP contribution is 2.07. The molecule has 1 aliphatic rings. The van der Waals surface area contributed by atoms with Gasteiger partial charge in [0.05, 0.1) is 19.3 Å². The molecule has 4 heteroatoms. The highest BCUT2D eigenvalue weighted by atomic mass is 16.5. The number of rotatable bonds is 5. The molecule has 0 aromatic rings. The lowest BCUT2D eigenvalue weighted by Crippen LogP contribution is -2.49. The molecule has 1 fully saturated rings. The Morgan fingerprint density at radius 3 is 3.00 bits per heavy atom. The summed E-state index contributed by atoms with van der Waals surface area (Å²) in [5, 5.41) is 11.8. The van der Waals surface area contributed by atoms with Gasteiger partial charge in [-0.1, -0.05) is 0 Å². The average Bonchev–Trinajstić information content (AvgIpc) is 2.19. The van der Waals surface area contributed by atoms with Crippen molar-refractivity contribution in [3.8, 4) is 0 Å². The van der Waals surface area contributed by atoms with Gasteiger partial charge in [-0.15, -0.1) is 0 Å². The molecular weight excluding hydrogens is 180 g/mol. The molecule has 0 bridgehead atoms. The van der Waals surface area contributed by atoms with Crippen LogP contribution in [0.3, 0.4) is 0 Å². The van der Waals surface area contributed by atoms with E-state index in [4.69, 9.17) is 9.84 Å². The molecule has 0 spiro atoms. The van der Waals surface area contributed by atoms with Crippen LogP contribution >= 0.6 is 0 Å². The van der Waals surface area contributed by atoms with Crippen molar-refractivity contribution in [3.05, 3.63) is 0 Å². The highest BCUT2D eigenvalue weighted by molar-refractivity contribution is 4.75. The van der Waals surface area contributed by atoms with Gasteiger partial charge in [0.2, 0.25) is 0 Å². The van der Waals surface area contributed by atoms with Gasteiger partial charge in [-0.25, -0.2) is 0 Å². The molecule has 0 amide bonds. The van der Waals surface area contributed by atoms with Crippen LogP contribution in [0.2, 0.25) is 0 Å². The van der Waals surface area contributed by atoms with E-state index in [0.717, 1.165) is 26.2 Å². The molecule has 1 atom stereocenters. The quantitative estimate of drug-likeness (QED) is 0.600. The smallest absolute Gasteiger partial charge is 0.0826 e. The van der Waals surface area contributed by atoms with E-state index in [1.807, 2.05) is 0 Å². The van der Waals surface area contributed by atoms with E-state index in [1.54, 1.807) is 0 Å². The number of aliphatic hydroxyl groups is 1. The minimum Gasteiger partial charge on any atom is -0.395 e. The SMILES string of the molecule is CC(C)N1CCOC(CNCCO)C1. The summed E-state index contributed by atoms with van der Waals surface area (Å²) in [6, 6.07) is 0.597. The van der Waals surface area contributed by atoms with Crippen LogP contribution in [-0.2, 0) is 4.74 Å². The molecule has 84 valence electrons. The van der Waals surface area contributed by atoms with E-state index < -0.39 is 0 Å². The molecular formula is C10H22N2O2. The second kappa shape index (κ2) is 6.35. The maximum atomic E-state index is 8.62. The van der Waals surface area contributed by atoms with Gasteiger partial charge in [0.15, 0.2) is 0 Å². The fraction of sp³-hybridized carbons (Fsp3) is 1.00. The van der Waals surface area contributed by atoms with Gasteiger partial charge in [0.25, 0.3) is 0 Å². The normalized spacial score (nSPS) is 24.4. The molecule has 2 N–H and O–H groups in total. The number of nitrogens with zero attached hydrogens (tertiary/aromatic N) is 1. The Balaban J connectivity index is 2.19. The summed E-state index contributed by atoms with van der Waals surface area (Å²) in [5.74, 6) is 0. The second-order valence-electron chi connectivity index (χ2n) is 4.01. The standard InChI is InChI=1S/C10H22N2O2/c1-9(2)12-4-6-14-10(8-12)7-11-3-5-13/h9-11,13H,3-8H2,1-2H3. The van der Waals surface area contributed by atoms with Gasteiger partial charge >= 0.3 is 0 Å². The monoisotopic (exact) mass is 202 g/mol. The van der Waals surface area contributed by atoms with Crippen molar-refractivity contribution in [3.63, 3.8) is 0 Å². The zero-order chi connectivity index (χ0) is 10.4. The number of aliphatic hydroxyl groups excluding tert-OH is 1. The molecule has 1 rings (SSSR count). The largest absolute Gasteiger partial charge is 0.395 e. The van der Waals surface area contributed by atoms with Crippen molar-refractivity contribution in [1.29, 1.82) is 0 Å². The van der Waals surface area contributed by atoms with E-state index in [0.29, 0.717) is 12.6 Å². The Bertz CT molecular complexity index is 153. The summed E-state index contributed by atoms with van der Waals surface area (Å²) in [7, 11) is 0. The van der Waals surface area contributed by atoms with Gasteiger partial charge in [-0.05, 0) is 13.8 Å². The maximum absolute atomic E-state index is 8.62. The van der Waals surface area contributed by atoms with Crippen molar-refractivity contribution in [2.24, 2.45) is 0 Å². The zero-order valence-corrected chi connectivity index (χ0v) is 9.20. The lowest BCUT2D eigenvalue weighted by molar-refractivity contribution is -0.0373. The number of morpholine rings is 1. The highest BCUT2D eigenvalue weighted by Gasteiger charge is 2.21. The van der Waals surface area contributed by atoms with Crippen LogP contribution in [0.15, 0.2) is 0 Å². The Labute approximate surface area is 86.2 Å². The zero-order valence-electron chi connectivity index (χ0n) is 9.20. The fourth-order valence-electron chi connectivity index (χ4n) is 1.68. The van der Waals surface area contributed by atoms with Crippen LogP contribution in [-0.4, -0.2) is 61.5 Å². The third kappa shape index (κ3) is 3.92. The Hall–Kier alpha value is -0.160. The predicted octanol–water partition coefficient (Wildman–Crippen LogP) is -0.322. The van der Waals surface area contributed by atoms with Crippen LogP contribution in [0, 0.1) is 0 Å². The summed E-state index contributed by atoms with van der Waals surface area (Å²) in [4.78, 5) is 2.43. The van der Waals surface area contributed by atoms with E-state index >= 15 is 0 Å². The van der Waals surface area contributed by atoms with E-state index in [1.165, 1.54) is 0 Å². The lowest BCUT2D eigenvalue weighted by Gasteiger charge is -2.35. The molecule has 0 aliphatic carbocycles. The van der Waals surface area contributed by atoms with Crippen LogP contribution in [0.5, 0.6) is 0 Å². The second-order valence-corrected chi connectivity index (χ2v) is 4.01. The molecule has 0 aromatic heterocycles. The van der Waals surface area contributed by atoms with Gasteiger partial charge < -0.3 is 15.2 Å². The van der Waals surface area contributed by atoms with Crippen molar-refractivity contribution in [2.75, 3.05) is 39.4 Å². The van der Waals surface area contributed by atoms with Crippen LogP contribution in [0.4, 0.5) is 0 Å². The summed E-state index contributed by atoms with van der Waals surface area (Å²) in [5.41, 5.74) is 0. The number of hydrogen-bond donors (Lipinski definition) is 2. The van der Waals surface area contributed by atoms with Crippen molar-refractivity contribution < 1.29 is 9.84 Å². The third-order valence-corrected chi connectivity index (χ3v) is 2.56. The molecule has 14 heavy (non-hydrogen) atoms. The summed E-state index contributed by atoms with van der Waals surface area (Å²) < 4.78 is 5.62. The molecule has 0 aromatic carbocycles. The number of ether oxygens (including phenoxy) is 1. The van der Waals surface area contributed by atoms with E-state index in [9.17, 15) is 0 Å². The van der Waals surface area contributed by atoms with E-state index in [2.05, 4.69) is 24.1 Å². The van der Waals surface area contributed by atoms with Gasteiger partial charge in [0.1, 0.15) is 0 Å². The molecule has 0 radical (unpaired) electrons. The molecule has 1 saturated heterocycles. The van der Waals surface area contributed by atoms with Gasteiger partial charge in [-0.3, -0.25) is 4.90 Å². The van der Waals surface area contributed by atoms with Crippen LogP contribution in [0.1, 0.15) is 13.8 Å². The van der Waals surface area contributed by atoms with Crippen molar-refractivity contribution >= 4 is 0 Å². The topological polar surface area (TPSA) is 44.7 Å². The fourth-order valence-corrected chi connectivity index (χ4v) is 1.68. The van der Waals surface area contributed by atoms with Crippen molar-refractivity contribution in [1.82, 2.24) is 10.2 Å². The summed E-state index contributed by atoms with van der Waals surface area (Å²) in [6.07, 6.45) is 0.276. The number of nitrogens with one attached hydrogen (secondary N) is 1. The Morgan fingerprint density at radius 2 is 2.36 bits per heavy atom. The van der Waals surface area contributed by atoms with Gasteiger partial charge in [0, 0.05) is 32.2 Å².